The Hall–Kier alpha value is -4.13. The zero-order valence-corrected chi connectivity index (χ0v) is 19.1. The molecular weight excluding hydrogens is 432 g/mol. The molecule has 1 N–H and O–H groups in total. The van der Waals surface area contributed by atoms with Crippen molar-refractivity contribution in [2.45, 2.75) is 25.9 Å². The van der Waals surface area contributed by atoms with E-state index in [0.717, 1.165) is 12.0 Å². The van der Waals surface area contributed by atoms with Crippen molar-refractivity contribution in [1.29, 1.82) is 0 Å². The highest BCUT2D eigenvalue weighted by molar-refractivity contribution is 6.46. The smallest absolute Gasteiger partial charge is 0.295 e. The molecule has 1 fully saturated rings. The molecule has 1 aliphatic rings. The Labute approximate surface area is 198 Å². The maximum absolute atomic E-state index is 13.2. The van der Waals surface area contributed by atoms with Gasteiger partial charge in [0.2, 0.25) is 0 Å². The van der Waals surface area contributed by atoms with E-state index >= 15 is 0 Å². The number of ether oxygens (including phenoxy) is 2. The third kappa shape index (κ3) is 4.64. The van der Waals surface area contributed by atoms with Gasteiger partial charge < -0.3 is 19.5 Å². The summed E-state index contributed by atoms with van der Waals surface area (Å²) in [5.74, 6) is -0.396. The largest absolute Gasteiger partial charge is 0.507 e. The fourth-order valence-electron chi connectivity index (χ4n) is 3.98. The Morgan fingerprint density at radius 1 is 1.06 bits per heavy atom. The number of rotatable bonds is 8. The Morgan fingerprint density at radius 3 is 2.53 bits per heavy atom. The van der Waals surface area contributed by atoms with Crippen molar-refractivity contribution in [2.24, 2.45) is 0 Å². The minimum absolute atomic E-state index is 0.0340. The van der Waals surface area contributed by atoms with Gasteiger partial charge in [-0.05, 0) is 60.0 Å². The molecule has 7 nitrogen and oxygen atoms in total. The Balaban J connectivity index is 1.83. The molecule has 2 aromatic carbocycles. The van der Waals surface area contributed by atoms with Crippen LogP contribution in [0.5, 0.6) is 11.5 Å². The van der Waals surface area contributed by atoms with Crippen LogP contribution in [0.15, 0.2) is 78.6 Å². The normalized spacial score (nSPS) is 17.1. The molecule has 0 radical (unpaired) electrons. The second kappa shape index (κ2) is 10.2. The van der Waals surface area contributed by atoms with Gasteiger partial charge in [0.1, 0.15) is 17.3 Å². The molecule has 7 heteroatoms. The van der Waals surface area contributed by atoms with Crippen molar-refractivity contribution in [2.75, 3.05) is 13.7 Å². The molecule has 1 saturated heterocycles. The molecule has 2 heterocycles. The zero-order valence-electron chi connectivity index (χ0n) is 19.1. The maximum atomic E-state index is 13.2. The molecule has 0 saturated carbocycles. The summed E-state index contributed by atoms with van der Waals surface area (Å²) in [5.41, 5.74) is 1.90. The van der Waals surface area contributed by atoms with Crippen molar-refractivity contribution < 1.29 is 24.2 Å². The van der Waals surface area contributed by atoms with E-state index in [9.17, 15) is 14.7 Å². The van der Waals surface area contributed by atoms with Gasteiger partial charge in [-0.2, -0.15) is 0 Å². The average Bonchev–Trinajstić information content (AvgIpc) is 3.13. The highest BCUT2D eigenvalue weighted by Gasteiger charge is 2.46. The molecule has 1 aliphatic heterocycles. The molecule has 34 heavy (non-hydrogen) atoms. The number of aromatic nitrogens is 1. The first-order chi connectivity index (χ1) is 16.5. The predicted octanol–water partition coefficient (Wildman–Crippen LogP) is 4.50. The number of Topliss-reactive ketones (excluding diaryl/α,β-unsaturated/α-hetero) is 1. The summed E-state index contributed by atoms with van der Waals surface area (Å²) in [4.78, 5) is 31.9. The lowest BCUT2D eigenvalue weighted by molar-refractivity contribution is -0.140. The lowest BCUT2D eigenvalue weighted by atomic mass is 9.95. The van der Waals surface area contributed by atoms with E-state index in [2.05, 4.69) is 4.98 Å². The van der Waals surface area contributed by atoms with Crippen molar-refractivity contribution in [3.63, 3.8) is 0 Å². The fraction of sp³-hybridized carbons (Fsp3) is 0.222. The Bertz CT molecular complexity index is 1210. The summed E-state index contributed by atoms with van der Waals surface area (Å²) in [6, 6.07) is 16.8. The monoisotopic (exact) mass is 458 g/mol. The van der Waals surface area contributed by atoms with Crippen LogP contribution in [-0.2, 0) is 16.1 Å². The number of likely N-dealkylation sites (tertiary alicyclic amines) is 1. The van der Waals surface area contributed by atoms with Gasteiger partial charge in [0.15, 0.2) is 0 Å². The average molecular weight is 459 g/mol. The number of amides is 1. The van der Waals surface area contributed by atoms with Gasteiger partial charge in [-0.1, -0.05) is 25.1 Å². The number of nitrogens with zero attached hydrogens (tertiary/aromatic N) is 2. The van der Waals surface area contributed by atoms with Crippen LogP contribution >= 0.6 is 0 Å². The lowest BCUT2D eigenvalue weighted by Crippen LogP contribution is -2.29. The van der Waals surface area contributed by atoms with Crippen LogP contribution in [0, 0.1) is 0 Å². The standard InChI is InChI=1S/C27H26N2O5/c1-3-14-34-22-8-4-7-20(15-22)24-23(25(30)19-9-11-21(33-2)12-10-19)26(31)27(32)29(24)17-18-6-5-13-28-16-18/h4-13,15-16,24,30H,3,14,17H2,1-2H3/b25-23-. The topological polar surface area (TPSA) is 89.0 Å². The first-order valence-corrected chi connectivity index (χ1v) is 11.1. The van der Waals surface area contributed by atoms with Gasteiger partial charge in [0.25, 0.3) is 11.7 Å². The predicted molar refractivity (Wildman–Crippen MR) is 127 cm³/mol. The molecular formula is C27H26N2O5. The number of methoxy groups -OCH3 is 1. The SMILES string of the molecule is CCCOc1cccc(C2/C(=C(/O)c3ccc(OC)cc3)C(=O)C(=O)N2Cc2cccnc2)c1. The van der Waals surface area contributed by atoms with Crippen LogP contribution in [0.2, 0.25) is 0 Å². The molecule has 0 spiro atoms. The second-order valence-electron chi connectivity index (χ2n) is 7.94. The van der Waals surface area contributed by atoms with Crippen molar-refractivity contribution in [3.05, 3.63) is 95.3 Å². The molecule has 174 valence electrons. The second-order valence-corrected chi connectivity index (χ2v) is 7.94. The van der Waals surface area contributed by atoms with Crippen LogP contribution in [0.4, 0.5) is 0 Å². The molecule has 0 bridgehead atoms. The van der Waals surface area contributed by atoms with Gasteiger partial charge in [-0.3, -0.25) is 14.6 Å². The molecule has 0 aliphatic carbocycles. The van der Waals surface area contributed by atoms with Gasteiger partial charge >= 0.3 is 0 Å². The molecule has 1 aromatic heterocycles. The summed E-state index contributed by atoms with van der Waals surface area (Å²) >= 11 is 0. The molecule has 4 rings (SSSR count). The van der Waals surface area contributed by atoms with Crippen LogP contribution in [-0.4, -0.2) is 40.4 Å². The van der Waals surface area contributed by atoms with Crippen LogP contribution < -0.4 is 9.47 Å². The van der Waals surface area contributed by atoms with Crippen LogP contribution in [0.25, 0.3) is 5.76 Å². The fourth-order valence-corrected chi connectivity index (χ4v) is 3.98. The van der Waals surface area contributed by atoms with E-state index in [1.165, 1.54) is 4.90 Å². The Kier molecular flexibility index (Phi) is 6.92. The van der Waals surface area contributed by atoms with Crippen molar-refractivity contribution in [1.82, 2.24) is 9.88 Å². The first kappa shape index (κ1) is 23.0. The summed E-state index contributed by atoms with van der Waals surface area (Å²) in [6.07, 6.45) is 4.15. The van der Waals surface area contributed by atoms with Crippen LogP contribution in [0.3, 0.4) is 0 Å². The number of aliphatic hydroxyl groups excluding tert-OH is 1. The highest BCUT2D eigenvalue weighted by atomic mass is 16.5. The molecule has 1 atom stereocenters. The first-order valence-electron chi connectivity index (χ1n) is 11.1. The lowest BCUT2D eigenvalue weighted by Gasteiger charge is -2.25. The van der Waals surface area contributed by atoms with Crippen molar-refractivity contribution >= 4 is 17.4 Å². The third-order valence-corrected chi connectivity index (χ3v) is 5.63. The quantitative estimate of drug-likeness (QED) is 0.304. The number of benzene rings is 2. The number of hydrogen-bond donors (Lipinski definition) is 1. The number of pyridine rings is 1. The minimum atomic E-state index is -0.785. The molecule has 1 unspecified atom stereocenters. The number of aliphatic hydroxyl groups is 1. The van der Waals surface area contributed by atoms with E-state index in [-0.39, 0.29) is 17.9 Å². The van der Waals surface area contributed by atoms with E-state index < -0.39 is 17.7 Å². The highest BCUT2D eigenvalue weighted by Crippen LogP contribution is 2.41. The van der Waals surface area contributed by atoms with Gasteiger partial charge in [0, 0.05) is 24.5 Å². The van der Waals surface area contributed by atoms with E-state index in [1.807, 2.05) is 37.3 Å². The summed E-state index contributed by atoms with van der Waals surface area (Å²) in [6.45, 7) is 2.73. The summed E-state index contributed by atoms with van der Waals surface area (Å²) < 4.78 is 11.0. The minimum Gasteiger partial charge on any atom is -0.507 e. The number of carbonyl (C=O) groups excluding carboxylic acids is 2. The van der Waals surface area contributed by atoms with E-state index in [1.54, 1.807) is 49.8 Å². The van der Waals surface area contributed by atoms with Gasteiger partial charge in [0.05, 0.1) is 25.3 Å². The number of ketones is 1. The van der Waals surface area contributed by atoms with Gasteiger partial charge in [-0.25, -0.2) is 0 Å². The van der Waals surface area contributed by atoms with Crippen molar-refractivity contribution in [3.8, 4) is 11.5 Å². The number of hydrogen-bond acceptors (Lipinski definition) is 6. The van der Waals surface area contributed by atoms with E-state index in [0.29, 0.717) is 29.2 Å². The summed E-state index contributed by atoms with van der Waals surface area (Å²) in [5, 5.41) is 11.2. The van der Waals surface area contributed by atoms with Gasteiger partial charge in [-0.15, -0.1) is 0 Å². The molecule has 3 aromatic rings. The summed E-state index contributed by atoms with van der Waals surface area (Å²) in [7, 11) is 1.55. The third-order valence-electron chi connectivity index (χ3n) is 5.63. The van der Waals surface area contributed by atoms with E-state index in [4.69, 9.17) is 9.47 Å². The number of carbonyl (C=O) groups is 2. The Morgan fingerprint density at radius 2 is 1.85 bits per heavy atom. The maximum Gasteiger partial charge on any atom is 0.295 e. The zero-order chi connectivity index (χ0) is 24.1. The van der Waals surface area contributed by atoms with Crippen LogP contribution in [0.1, 0.15) is 36.1 Å². The molecule has 1 amide bonds.